The highest BCUT2D eigenvalue weighted by Gasteiger charge is 2.17. The molecular formula is C16H15ClN4O3S. The molecule has 2 heterocycles. The molecule has 130 valence electrons. The molecule has 0 unspecified atom stereocenters. The number of fused-ring (bicyclic) bond motifs is 1. The van der Waals surface area contributed by atoms with Crippen molar-refractivity contribution < 1.29 is 9.53 Å². The summed E-state index contributed by atoms with van der Waals surface area (Å²) < 4.78 is 4.96. The first kappa shape index (κ1) is 17.4. The quantitative estimate of drug-likeness (QED) is 0.601. The minimum absolute atomic E-state index is 0.0529. The minimum Gasteiger partial charge on any atom is -0.462 e. The summed E-state index contributed by atoms with van der Waals surface area (Å²) in [5.41, 5.74) is 6.77. The number of nitrogens with two attached hydrogens (primary N) is 1. The molecule has 0 fully saturated rings. The van der Waals surface area contributed by atoms with E-state index in [0.29, 0.717) is 16.6 Å². The summed E-state index contributed by atoms with van der Waals surface area (Å²) in [5.74, 6) is -0.416. The molecule has 7 nitrogen and oxygen atoms in total. The lowest BCUT2D eigenvalue weighted by Crippen LogP contribution is -2.10. The van der Waals surface area contributed by atoms with E-state index in [2.05, 4.69) is 15.0 Å². The van der Waals surface area contributed by atoms with Crippen LogP contribution < -0.4 is 11.3 Å². The number of aromatic amines is 2. The van der Waals surface area contributed by atoms with Crippen LogP contribution in [0, 0.1) is 6.92 Å². The zero-order valence-electron chi connectivity index (χ0n) is 13.5. The fourth-order valence-corrected chi connectivity index (χ4v) is 3.76. The first-order valence-corrected chi connectivity index (χ1v) is 8.62. The van der Waals surface area contributed by atoms with E-state index in [9.17, 15) is 9.59 Å². The number of ether oxygens (including phenoxy) is 1. The van der Waals surface area contributed by atoms with Gasteiger partial charge in [-0.1, -0.05) is 23.4 Å². The summed E-state index contributed by atoms with van der Waals surface area (Å²) in [7, 11) is 0. The topological polar surface area (TPSA) is 114 Å². The second-order valence-electron chi connectivity index (χ2n) is 5.22. The number of carbonyl (C=O) groups is 1. The third-order valence-corrected chi connectivity index (χ3v) is 4.98. The van der Waals surface area contributed by atoms with E-state index in [4.69, 9.17) is 22.1 Å². The van der Waals surface area contributed by atoms with Gasteiger partial charge in [-0.15, -0.1) is 0 Å². The Kier molecular flexibility index (Phi) is 4.73. The molecule has 0 saturated carbocycles. The molecule has 0 aliphatic heterocycles. The number of carbonyl (C=O) groups excluding carboxylic acids is 1. The Balaban J connectivity index is 2.00. The number of aromatic nitrogens is 3. The monoisotopic (exact) mass is 378 g/mol. The number of nitrogens with one attached hydrogen (secondary N) is 2. The normalized spacial score (nSPS) is 11.0. The Morgan fingerprint density at radius 1 is 1.40 bits per heavy atom. The summed E-state index contributed by atoms with van der Waals surface area (Å²) in [5, 5.41) is 0.722. The van der Waals surface area contributed by atoms with Crippen molar-refractivity contribution in [3.05, 3.63) is 44.8 Å². The van der Waals surface area contributed by atoms with E-state index in [-0.39, 0.29) is 23.1 Å². The first-order valence-electron chi connectivity index (χ1n) is 7.43. The number of rotatable bonds is 4. The number of hydrogen-bond donors (Lipinski definition) is 3. The fourth-order valence-electron chi connectivity index (χ4n) is 2.39. The van der Waals surface area contributed by atoms with Crippen LogP contribution in [0.1, 0.15) is 23.0 Å². The molecule has 0 radical (unpaired) electrons. The molecular weight excluding hydrogens is 364 g/mol. The number of H-pyrrole nitrogens is 2. The highest BCUT2D eigenvalue weighted by Crippen LogP contribution is 2.36. The van der Waals surface area contributed by atoms with Gasteiger partial charge in [0.15, 0.2) is 0 Å². The molecule has 25 heavy (non-hydrogen) atoms. The van der Waals surface area contributed by atoms with Crippen molar-refractivity contribution in [3.63, 3.8) is 0 Å². The van der Waals surface area contributed by atoms with Gasteiger partial charge in [-0.25, -0.2) is 4.79 Å². The van der Waals surface area contributed by atoms with Crippen LogP contribution in [0.15, 0.2) is 32.8 Å². The average molecular weight is 379 g/mol. The molecule has 0 bridgehead atoms. The largest absolute Gasteiger partial charge is 0.462 e. The fraction of sp³-hybridized carbons (Fsp3) is 0.188. The molecule has 3 rings (SSSR count). The van der Waals surface area contributed by atoms with Crippen molar-refractivity contribution in [1.29, 1.82) is 0 Å². The van der Waals surface area contributed by atoms with Gasteiger partial charge in [0.05, 0.1) is 22.6 Å². The molecule has 0 amide bonds. The standard InChI is InChI=1S/C16H15ClN4O3S/c1-3-24-15(23)9-5-4-8(6-10(9)17)25-12-7(2)19-13-11(12)14(22)21-16(18)20-13/h4-6H,3H2,1-2H3,(H4,18,19,20,21,22). The van der Waals surface area contributed by atoms with E-state index in [1.54, 1.807) is 25.1 Å². The van der Waals surface area contributed by atoms with E-state index in [0.717, 1.165) is 15.5 Å². The van der Waals surface area contributed by atoms with Crippen molar-refractivity contribution in [3.8, 4) is 0 Å². The minimum atomic E-state index is -0.469. The van der Waals surface area contributed by atoms with Gasteiger partial charge in [-0.05, 0) is 32.0 Å². The number of nitrogen functional groups attached to an aromatic ring is 1. The molecule has 0 aliphatic carbocycles. The van der Waals surface area contributed by atoms with Gasteiger partial charge in [0.2, 0.25) is 5.95 Å². The second-order valence-corrected chi connectivity index (χ2v) is 6.71. The maximum Gasteiger partial charge on any atom is 0.339 e. The van der Waals surface area contributed by atoms with Gasteiger partial charge in [0, 0.05) is 15.5 Å². The van der Waals surface area contributed by atoms with Crippen molar-refractivity contribution in [2.24, 2.45) is 0 Å². The number of anilines is 1. The molecule has 9 heteroatoms. The lowest BCUT2D eigenvalue weighted by Gasteiger charge is -2.07. The summed E-state index contributed by atoms with van der Waals surface area (Å²) in [6, 6.07) is 5.02. The van der Waals surface area contributed by atoms with E-state index in [1.165, 1.54) is 11.8 Å². The number of hydrogen-bond acceptors (Lipinski definition) is 6. The number of nitrogens with zero attached hydrogens (tertiary/aromatic N) is 1. The molecule has 4 N–H and O–H groups in total. The Morgan fingerprint density at radius 2 is 2.16 bits per heavy atom. The van der Waals surface area contributed by atoms with Crippen molar-refractivity contribution >= 4 is 46.3 Å². The van der Waals surface area contributed by atoms with Crippen LogP contribution in [0.2, 0.25) is 5.02 Å². The van der Waals surface area contributed by atoms with Gasteiger partial charge in [0.25, 0.3) is 5.56 Å². The maximum absolute atomic E-state index is 12.2. The summed E-state index contributed by atoms with van der Waals surface area (Å²) >= 11 is 7.54. The zero-order chi connectivity index (χ0) is 18.1. The van der Waals surface area contributed by atoms with Gasteiger partial charge in [-0.3, -0.25) is 9.78 Å². The van der Waals surface area contributed by atoms with Crippen LogP contribution in [0.25, 0.3) is 11.0 Å². The molecule has 0 saturated heterocycles. The summed E-state index contributed by atoms with van der Waals surface area (Å²) in [4.78, 5) is 35.2. The Bertz CT molecular complexity index is 1030. The highest BCUT2D eigenvalue weighted by molar-refractivity contribution is 7.99. The molecule has 1 aromatic carbocycles. The number of esters is 1. The Hall–Kier alpha value is -2.45. The zero-order valence-corrected chi connectivity index (χ0v) is 15.0. The van der Waals surface area contributed by atoms with Crippen LogP contribution in [-0.4, -0.2) is 27.5 Å². The maximum atomic E-state index is 12.2. The smallest absolute Gasteiger partial charge is 0.339 e. The van der Waals surface area contributed by atoms with Crippen LogP contribution in [-0.2, 0) is 4.74 Å². The number of halogens is 1. The highest BCUT2D eigenvalue weighted by atomic mass is 35.5. The van der Waals surface area contributed by atoms with Crippen molar-refractivity contribution in [2.75, 3.05) is 12.3 Å². The summed E-state index contributed by atoms with van der Waals surface area (Å²) in [6.45, 7) is 3.85. The molecule has 0 aliphatic rings. The average Bonchev–Trinajstić information content (AvgIpc) is 2.83. The Labute approximate surface area is 151 Å². The van der Waals surface area contributed by atoms with Gasteiger partial charge in [-0.2, -0.15) is 4.98 Å². The molecule has 2 aromatic heterocycles. The lowest BCUT2D eigenvalue weighted by molar-refractivity contribution is 0.0526. The van der Waals surface area contributed by atoms with Gasteiger partial charge < -0.3 is 15.5 Å². The Morgan fingerprint density at radius 3 is 2.84 bits per heavy atom. The van der Waals surface area contributed by atoms with Crippen LogP contribution in [0.4, 0.5) is 5.95 Å². The molecule has 0 spiro atoms. The van der Waals surface area contributed by atoms with E-state index in [1.807, 2.05) is 6.92 Å². The summed E-state index contributed by atoms with van der Waals surface area (Å²) in [6.07, 6.45) is 0. The lowest BCUT2D eigenvalue weighted by atomic mass is 10.2. The SMILES string of the molecule is CCOC(=O)c1ccc(Sc2c(C)[nH]c3nc(N)[nH]c(=O)c23)cc1Cl. The van der Waals surface area contributed by atoms with Gasteiger partial charge >= 0.3 is 5.97 Å². The van der Waals surface area contributed by atoms with E-state index < -0.39 is 5.97 Å². The van der Waals surface area contributed by atoms with Crippen LogP contribution in [0.3, 0.4) is 0 Å². The third-order valence-electron chi connectivity index (χ3n) is 3.47. The van der Waals surface area contributed by atoms with Crippen molar-refractivity contribution in [1.82, 2.24) is 15.0 Å². The predicted molar refractivity (Wildman–Crippen MR) is 97.4 cm³/mol. The van der Waals surface area contributed by atoms with Gasteiger partial charge in [0.1, 0.15) is 5.65 Å². The van der Waals surface area contributed by atoms with Crippen LogP contribution in [0.5, 0.6) is 0 Å². The van der Waals surface area contributed by atoms with Crippen LogP contribution >= 0.6 is 23.4 Å². The number of aryl methyl sites for hydroxylation is 1. The first-order chi connectivity index (χ1) is 11.9. The van der Waals surface area contributed by atoms with E-state index >= 15 is 0 Å². The molecule has 0 atom stereocenters. The third kappa shape index (κ3) is 3.35. The second kappa shape index (κ2) is 6.81. The predicted octanol–water partition coefficient (Wildman–Crippen LogP) is 3.12. The van der Waals surface area contributed by atoms with Crippen molar-refractivity contribution in [2.45, 2.75) is 23.6 Å². The molecule has 3 aromatic rings. The number of benzene rings is 1.